The molecule has 0 saturated carbocycles. The van der Waals surface area contributed by atoms with Crippen molar-refractivity contribution in [1.82, 2.24) is 9.80 Å². The minimum atomic E-state index is -0.546. The molecule has 0 radical (unpaired) electrons. The van der Waals surface area contributed by atoms with Gasteiger partial charge in [0.1, 0.15) is 18.5 Å². The van der Waals surface area contributed by atoms with Crippen LogP contribution in [0.5, 0.6) is 5.75 Å². The van der Waals surface area contributed by atoms with Crippen molar-refractivity contribution in [2.75, 3.05) is 39.3 Å². The highest BCUT2D eigenvalue weighted by atomic mass is 35.5. The Balaban J connectivity index is 0.00000312. The molecule has 1 heterocycles. The van der Waals surface area contributed by atoms with Crippen LogP contribution in [0.1, 0.15) is 13.8 Å². The van der Waals surface area contributed by atoms with Crippen LogP contribution in [0.3, 0.4) is 0 Å². The number of aliphatic hydroxyl groups is 1. The highest BCUT2D eigenvalue weighted by molar-refractivity contribution is 5.85. The summed E-state index contributed by atoms with van der Waals surface area (Å²) in [4.78, 5) is 16.3. The summed E-state index contributed by atoms with van der Waals surface area (Å²) in [7, 11) is 0. The van der Waals surface area contributed by atoms with Gasteiger partial charge >= 0.3 is 0 Å². The van der Waals surface area contributed by atoms with Crippen molar-refractivity contribution in [1.29, 1.82) is 0 Å². The Bertz CT molecular complexity index is 512. The van der Waals surface area contributed by atoms with Gasteiger partial charge in [-0.25, -0.2) is 0 Å². The molecule has 2 rings (SSSR count). The zero-order chi connectivity index (χ0) is 17.5. The summed E-state index contributed by atoms with van der Waals surface area (Å²) < 4.78 is 5.57. The van der Waals surface area contributed by atoms with Crippen molar-refractivity contribution in [3.63, 3.8) is 0 Å². The van der Waals surface area contributed by atoms with Crippen LogP contribution in [0.4, 0.5) is 0 Å². The normalized spacial score (nSPS) is 18.1. The fourth-order valence-electron chi connectivity index (χ4n) is 2.72. The molecule has 1 aliphatic heterocycles. The first kappa shape index (κ1) is 24.9. The number of hydrogen-bond acceptors (Lipinski definition) is 5. The van der Waals surface area contributed by atoms with Gasteiger partial charge in [-0.1, -0.05) is 25.1 Å². The number of nitrogens with zero attached hydrogens (tertiary/aromatic N) is 2. The van der Waals surface area contributed by atoms with Crippen LogP contribution in [0, 0.1) is 5.92 Å². The predicted molar refractivity (Wildman–Crippen MR) is 108 cm³/mol. The molecular formula is C18H31Cl2N3O3. The number of benzene rings is 1. The van der Waals surface area contributed by atoms with Gasteiger partial charge in [0.05, 0.1) is 5.92 Å². The number of rotatable bonds is 7. The molecule has 0 spiro atoms. The van der Waals surface area contributed by atoms with E-state index in [-0.39, 0.29) is 49.3 Å². The average molecular weight is 408 g/mol. The first-order valence-electron chi connectivity index (χ1n) is 8.60. The molecule has 1 aromatic rings. The molecule has 8 heteroatoms. The van der Waals surface area contributed by atoms with E-state index in [9.17, 15) is 9.90 Å². The van der Waals surface area contributed by atoms with Crippen molar-refractivity contribution < 1.29 is 14.6 Å². The molecule has 1 saturated heterocycles. The quantitative estimate of drug-likeness (QED) is 0.713. The van der Waals surface area contributed by atoms with E-state index >= 15 is 0 Å². The molecular weight excluding hydrogens is 377 g/mol. The highest BCUT2D eigenvalue weighted by Crippen LogP contribution is 2.11. The van der Waals surface area contributed by atoms with E-state index in [1.807, 2.05) is 49.1 Å². The highest BCUT2D eigenvalue weighted by Gasteiger charge is 2.27. The van der Waals surface area contributed by atoms with E-state index in [2.05, 4.69) is 4.90 Å². The number of nitrogens with two attached hydrogens (primary N) is 1. The van der Waals surface area contributed by atoms with Gasteiger partial charge in [0, 0.05) is 38.8 Å². The molecule has 0 aliphatic carbocycles. The van der Waals surface area contributed by atoms with E-state index < -0.39 is 6.10 Å². The lowest BCUT2D eigenvalue weighted by Gasteiger charge is -2.37. The van der Waals surface area contributed by atoms with Crippen LogP contribution in [0.15, 0.2) is 30.3 Å². The lowest BCUT2D eigenvalue weighted by atomic mass is 10.0. The third-order valence-electron chi connectivity index (χ3n) is 4.52. The first-order valence-corrected chi connectivity index (χ1v) is 8.60. The molecule has 6 nitrogen and oxygen atoms in total. The van der Waals surface area contributed by atoms with Crippen LogP contribution >= 0.6 is 24.8 Å². The Morgan fingerprint density at radius 1 is 1.15 bits per heavy atom. The number of carbonyl (C=O) groups is 1. The molecule has 1 aliphatic rings. The number of halogens is 2. The average Bonchev–Trinajstić information content (AvgIpc) is 2.60. The Hall–Kier alpha value is -1.05. The first-order chi connectivity index (χ1) is 11.5. The standard InChI is InChI=1S/C18H29N3O3.2ClH/c1-14(15(2)19)18(23)21-10-8-20(9-11-21)12-16(22)13-24-17-6-4-3-5-7-17;;/h3-7,14-16,22H,8-13,19H2,1-2H3;2*1H. The minimum Gasteiger partial charge on any atom is -0.491 e. The maximum absolute atomic E-state index is 12.3. The topological polar surface area (TPSA) is 79.0 Å². The predicted octanol–water partition coefficient (Wildman–Crippen LogP) is 1.40. The van der Waals surface area contributed by atoms with Crippen molar-refractivity contribution in [2.45, 2.75) is 26.0 Å². The fourth-order valence-corrected chi connectivity index (χ4v) is 2.72. The zero-order valence-corrected chi connectivity index (χ0v) is 17.0. The second kappa shape index (κ2) is 12.4. The molecule has 0 aromatic heterocycles. The van der Waals surface area contributed by atoms with Gasteiger partial charge in [-0.2, -0.15) is 0 Å². The molecule has 3 atom stereocenters. The summed E-state index contributed by atoms with van der Waals surface area (Å²) in [6.45, 7) is 7.46. The Kier molecular flexibility index (Phi) is 11.9. The van der Waals surface area contributed by atoms with Crippen molar-refractivity contribution in [3.05, 3.63) is 30.3 Å². The third-order valence-corrected chi connectivity index (χ3v) is 4.52. The van der Waals surface area contributed by atoms with E-state index in [4.69, 9.17) is 10.5 Å². The van der Waals surface area contributed by atoms with E-state index in [1.165, 1.54) is 0 Å². The van der Waals surface area contributed by atoms with Gasteiger partial charge in [0.25, 0.3) is 0 Å². The van der Waals surface area contributed by atoms with Crippen LogP contribution in [-0.4, -0.2) is 72.3 Å². The summed E-state index contributed by atoms with van der Waals surface area (Å²) in [6.07, 6.45) is -0.546. The number of carbonyl (C=O) groups excluding carboxylic acids is 1. The van der Waals surface area contributed by atoms with Crippen LogP contribution in [-0.2, 0) is 4.79 Å². The molecule has 150 valence electrons. The fraction of sp³-hybridized carbons (Fsp3) is 0.611. The number of aliphatic hydroxyl groups excluding tert-OH is 1. The number of amides is 1. The van der Waals surface area contributed by atoms with Crippen molar-refractivity contribution in [3.8, 4) is 5.75 Å². The van der Waals surface area contributed by atoms with Crippen LogP contribution in [0.2, 0.25) is 0 Å². The lowest BCUT2D eigenvalue weighted by Crippen LogP contribution is -2.53. The van der Waals surface area contributed by atoms with Gasteiger partial charge in [0.2, 0.25) is 5.91 Å². The maximum Gasteiger partial charge on any atom is 0.227 e. The van der Waals surface area contributed by atoms with Gasteiger partial charge in [0.15, 0.2) is 0 Å². The van der Waals surface area contributed by atoms with Crippen molar-refractivity contribution >= 4 is 30.7 Å². The summed E-state index contributed by atoms with van der Waals surface area (Å²) in [5, 5.41) is 10.1. The monoisotopic (exact) mass is 407 g/mol. The molecule has 0 bridgehead atoms. The minimum absolute atomic E-state index is 0. The van der Waals surface area contributed by atoms with E-state index in [0.29, 0.717) is 19.6 Å². The lowest BCUT2D eigenvalue weighted by molar-refractivity contribution is -0.137. The van der Waals surface area contributed by atoms with Crippen LogP contribution in [0.25, 0.3) is 0 Å². The van der Waals surface area contributed by atoms with Gasteiger partial charge in [-0.3, -0.25) is 9.69 Å². The Morgan fingerprint density at radius 3 is 2.27 bits per heavy atom. The third kappa shape index (κ3) is 7.68. The van der Waals surface area contributed by atoms with Gasteiger partial charge in [-0.05, 0) is 19.1 Å². The van der Waals surface area contributed by atoms with Crippen molar-refractivity contribution in [2.24, 2.45) is 11.7 Å². The second-order valence-corrected chi connectivity index (χ2v) is 6.55. The summed E-state index contributed by atoms with van der Waals surface area (Å²) in [5.74, 6) is 0.732. The summed E-state index contributed by atoms with van der Waals surface area (Å²) >= 11 is 0. The summed E-state index contributed by atoms with van der Waals surface area (Å²) in [6, 6.07) is 9.35. The number of hydrogen-bond donors (Lipinski definition) is 2. The molecule has 1 amide bonds. The molecule has 1 fully saturated rings. The zero-order valence-electron chi connectivity index (χ0n) is 15.4. The number of piperazine rings is 1. The maximum atomic E-state index is 12.3. The number of ether oxygens (including phenoxy) is 1. The SMILES string of the molecule is CC(N)C(C)C(=O)N1CCN(CC(O)COc2ccccc2)CC1.Cl.Cl. The Labute approximate surface area is 168 Å². The summed E-state index contributed by atoms with van der Waals surface area (Å²) in [5.41, 5.74) is 5.81. The van der Waals surface area contributed by atoms with E-state index in [0.717, 1.165) is 18.8 Å². The molecule has 26 heavy (non-hydrogen) atoms. The number of β-amino-alcohol motifs (C(OH)–C–C–N with tert-alkyl or cyclic N) is 1. The Morgan fingerprint density at radius 2 is 1.73 bits per heavy atom. The largest absolute Gasteiger partial charge is 0.491 e. The van der Waals surface area contributed by atoms with Gasteiger partial charge < -0.3 is 20.5 Å². The van der Waals surface area contributed by atoms with Gasteiger partial charge in [-0.15, -0.1) is 24.8 Å². The van der Waals surface area contributed by atoms with Crippen LogP contribution < -0.4 is 10.5 Å². The molecule has 3 unspecified atom stereocenters. The molecule has 3 N–H and O–H groups in total. The number of para-hydroxylation sites is 1. The smallest absolute Gasteiger partial charge is 0.227 e. The second-order valence-electron chi connectivity index (χ2n) is 6.55. The van der Waals surface area contributed by atoms with E-state index in [1.54, 1.807) is 0 Å². The molecule has 1 aromatic carbocycles.